The molecule has 2 atom stereocenters. The number of benzene rings is 1. The number of likely N-dealkylation sites (N-methyl/N-ethyl adjacent to an activating group) is 1. The lowest BCUT2D eigenvalue weighted by molar-refractivity contribution is -0.274. The number of hydrogen-bond donors (Lipinski definition) is 1. The first-order valence-electron chi connectivity index (χ1n) is 7.58. The SMILES string of the molecule is CCNC1CCCCCC1c1cccc(OC(F)(F)F)c1. The minimum absolute atomic E-state index is 0.125. The number of hydrogen-bond acceptors (Lipinski definition) is 2. The maximum absolute atomic E-state index is 12.3. The summed E-state index contributed by atoms with van der Waals surface area (Å²) >= 11 is 0. The summed E-state index contributed by atoms with van der Waals surface area (Å²) < 4.78 is 41.1. The van der Waals surface area contributed by atoms with E-state index in [2.05, 4.69) is 17.0 Å². The normalized spacial score (nSPS) is 23.6. The van der Waals surface area contributed by atoms with Crippen molar-refractivity contribution in [2.45, 2.75) is 57.3 Å². The summed E-state index contributed by atoms with van der Waals surface area (Å²) in [6.45, 7) is 2.94. The van der Waals surface area contributed by atoms with Gasteiger partial charge >= 0.3 is 6.36 Å². The zero-order valence-corrected chi connectivity index (χ0v) is 12.2. The zero-order valence-electron chi connectivity index (χ0n) is 12.2. The Morgan fingerprint density at radius 1 is 1.19 bits per heavy atom. The van der Waals surface area contributed by atoms with Crippen molar-refractivity contribution < 1.29 is 17.9 Å². The highest BCUT2D eigenvalue weighted by atomic mass is 19.4. The molecular formula is C16H22F3NO. The Kier molecular flexibility index (Phi) is 5.51. The quantitative estimate of drug-likeness (QED) is 0.820. The summed E-state index contributed by atoms with van der Waals surface area (Å²) in [5, 5.41) is 3.48. The molecule has 1 saturated carbocycles. The molecule has 1 aromatic rings. The molecule has 0 spiro atoms. The van der Waals surface area contributed by atoms with Crippen LogP contribution in [-0.2, 0) is 0 Å². The second-order valence-corrected chi connectivity index (χ2v) is 5.53. The molecule has 0 bridgehead atoms. The van der Waals surface area contributed by atoms with Crippen LogP contribution in [0.4, 0.5) is 13.2 Å². The summed E-state index contributed by atoms with van der Waals surface area (Å²) in [6, 6.07) is 6.77. The van der Waals surface area contributed by atoms with Gasteiger partial charge in [-0.2, -0.15) is 0 Å². The molecule has 0 amide bonds. The van der Waals surface area contributed by atoms with Crippen molar-refractivity contribution in [1.82, 2.24) is 5.32 Å². The Balaban J connectivity index is 2.19. The molecule has 2 unspecified atom stereocenters. The lowest BCUT2D eigenvalue weighted by atomic mass is 9.87. The fourth-order valence-corrected chi connectivity index (χ4v) is 3.16. The molecular weight excluding hydrogens is 279 g/mol. The second kappa shape index (κ2) is 7.16. The molecule has 1 aromatic carbocycles. The van der Waals surface area contributed by atoms with Crippen molar-refractivity contribution in [2.24, 2.45) is 0 Å². The number of rotatable bonds is 4. The lowest BCUT2D eigenvalue weighted by Gasteiger charge is -2.26. The van der Waals surface area contributed by atoms with Crippen molar-refractivity contribution in [3.63, 3.8) is 0 Å². The molecule has 0 saturated heterocycles. The summed E-state index contributed by atoms with van der Waals surface area (Å²) in [6.07, 6.45) is 0.931. The van der Waals surface area contributed by atoms with Crippen molar-refractivity contribution >= 4 is 0 Å². The molecule has 1 aliphatic carbocycles. The van der Waals surface area contributed by atoms with Crippen LogP contribution in [0, 0.1) is 0 Å². The highest BCUT2D eigenvalue weighted by Gasteiger charge is 2.31. The zero-order chi connectivity index (χ0) is 15.3. The highest BCUT2D eigenvalue weighted by molar-refractivity contribution is 5.32. The van der Waals surface area contributed by atoms with Gasteiger partial charge in [0.1, 0.15) is 5.75 Å². The molecule has 0 aliphatic heterocycles. The molecule has 21 heavy (non-hydrogen) atoms. The van der Waals surface area contributed by atoms with Crippen molar-refractivity contribution in [3.05, 3.63) is 29.8 Å². The molecule has 5 heteroatoms. The van der Waals surface area contributed by atoms with E-state index in [0.29, 0.717) is 6.04 Å². The van der Waals surface area contributed by atoms with Crippen LogP contribution in [0.25, 0.3) is 0 Å². The minimum atomic E-state index is -4.64. The molecule has 118 valence electrons. The lowest BCUT2D eigenvalue weighted by Crippen LogP contribution is -2.34. The van der Waals surface area contributed by atoms with Gasteiger partial charge in [-0.3, -0.25) is 0 Å². The molecule has 2 rings (SSSR count). The van der Waals surface area contributed by atoms with E-state index in [0.717, 1.165) is 31.4 Å². The van der Waals surface area contributed by atoms with E-state index >= 15 is 0 Å². The summed E-state index contributed by atoms with van der Waals surface area (Å²) in [5.74, 6) is 0.128. The van der Waals surface area contributed by atoms with Crippen molar-refractivity contribution in [3.8, 4) is 5.75 Å². The van der Waals surface area contributed by atoms with Crippen molar-refractivity contribution in [1.29, 1.82) is 0 Å². The van der Waals surface area contributed by atoms with Gasteiger partial charge < -0.3 is 10.1 Å². The molecule has 0 radical (unpaired) electrons. The van der Waals surface area contributed by atoms with Gasteiger partial charge in [-0.15, -0.1) is 13.2 Å². The first-order chi connectivity index (χ1) is 9.99. The van der Waals surface area contributed by atoms with Crippen LogP contribution < -0.4 is 10.1 Å². The first-order valence-corrected chi connectivity index (χ1v) is 7.58. The Morgan fingerprint density at radius 3 is 2.67 bits per heavy atom. The predicted octanol–water partition coefficient (Wildman–Crippen LogP) is 4.61. The van der Waals surface area contributed by atoms with Crippen LogP contribution in [-0.4, -0.2) is 18.9 Å². The fraction of sp³-hybridized carbons (Fsp3) is 0.625. The average Bonchev–Trinajstić information content (AvgIpc) is 2.63. The number of nitrogens with one attached hydrogen (secondary N) is 1. The summed E-state index contributed by atoms with van der Waals surface area (Å²) in [7, 11) is 0. The van der Waals surface area contributed by atoms with Gasteiger partial charge in [0.2, 0.25) is 0 Å². The Morgan fingerprint density at radius 2 is 1.95 bits per heavy atom. The standard InChI is InChI=1S/C16H22F3NO/c1-2-20-15-10-5-3-4-9-14(15)12-7-6-8-13(11-12)21-16(17,18)19/h6-8,11,14-15,20H,2-5,9-10H2,1H3. The van der Waals surface area contributed by atoms with E-state index in [1.54, 1.807) is 6.07 Å². The Hall–Kier alpha value is -1.23. The van der Waals surface area contributed by atoms with Gasteiger partial charge in [0, 0.05) is 6.04 Å². The van der Waals surface area contributed by atoms with Crippen LogP contribution in [0.15, 0.2) is 24.3 Å². The topological polar surface area (TPSA) is 21.3 Å². The third kappa shape index (κ3) is 4.92. The van der Waals surface area contributed by atoms with Crippen LogP contribution in [0.5, 0.6) is 5.75 Å². The maximum Gasteiger partial charge on any atom is 0.573 e. The molecule has 0 heterocycles. The Bertz CT molecular complexity index is 447. The van der Waals surface area contributed by atoms with Crippen LogP contribution in [0.3, 0.4) is 0 Å². The number of halogens is 3. The molecule has 0 aromatic heterocycles. The molecule has 2 nitrogen and oxygen atoms in total. The summed E-state index contributed by atoms with van der Waals surface area (Å²) in [4.78, 5) is 0. The van der Waals surface area contributed by atoms with Gasteiger partial charge in [0.15, 0.2) is 0 Å². The van der Waals surface area contributed by atoms with Crippen molar-refractivity contribution in [2.75, 3.05) is 6.54 Å². The smallest absolute Gasteiger partial charge is 0.406 e. The predicted molar refractivity (Wildman–Crippen MR) is 76.4 cm³/mol. The van der Waals surface area contributed by atoms with Gasteiger partial charge in [-0.25, -0.2) is 0 Å². The van der Waals surface area contributed by atoms with Gasteiger partial charge in [0.25, 0.3) is 0 Å². The van der Waals surface area contributed by atoms with E-state index in [1.807, 2.05) is 6.07 Å². The van der Waals surface area contributed by atoms with Crippen LogP contribution >= 0.6 is 0 Å². The average molecular weight is 301 g/mol. The van der Waals surface area contributed by atoms with E-state index in [4.69, 9.17) is 0 Å². The second-order valence-electron chi connectivity index (χ2n) is 5.53. The fourth-order valence-electron chi connectivity index (χ4n) is 3.16. The number of alkyl halides is 3. The molecule has 1 fully saturated rings. The largest absolute Gasteiger partial charge is 0.573 e. The van der Waals surface area contributed by atoms with Gasteiger partial charge in [0.05, 0.1) is 0 Å². The Labute approximate surface area is 123 Å². The van der Waals surface area contributed by atoms with Gasteiger partial charge in [-0.05, 0) is 43.0 Å². The summed E-state index contributed by atoms with van der Waals surface area (Å²) in [5.41, 5.74) is 0.935. The molecule has 1 aliphatic rings. The van der Waals surface area contributed by atoms with Gasteiger partial charge in [-0.1, -0.05) is 38.3 Å². The third-order valence-corrected chi connectivity index (χ3v) is 4.00. The maximum atomic E-state index is 12.3. The number of ether oxygens (including phenoxy) is 1. The monoisotopic (exact) mass is 301 g/mol. The third-order valence-electron chi connectivity index (χ3n) is 4.00. The highest BCUT2D eigenvalue weighted by Crippen LogP contribution is 2.34. The molecule has 1 N–H and O–H groups in total. The van der Waals surface area contributed by atoms with E-state index in [-0.39, 0.29) is 11.7 Å². The minimum Gasteiger partial charge on any atom is -0.406 e. The first kappa shape index (κ1) is 16.1. The van der Waals surface area contributed by atoms with E-state index in [1.165, 1.54) is 25.0 Å². The van der Waals surface area contributed by atoms with Crippen LogP contribution in [0.2, 0.25) is 0 Å². The van der Waals surface area contributed by atoms with Crippen LogP contribution in [0.1, 0.15) is 50.5 Å². The van der Waals surface area contributed by atoms with E-state index in [9.17, 15) is 13.2 Å². The van der Waals surface area contributed by atoms with E-state index < -0.39 is 6.36 Å².